The Morgan fingerprint density at radius 3 is 2.30 bits per heavy atom. The van der Waals surface area contributed by atoms with Crippen molar-refractivity contribution in [3.8, 4) is 0 Å². The molecule has 0 spiro atoms. The number of rotatable bonds is 14. The standard InChI is InChI=1S/C20H39N2O/c1-3-5-6-7-8-9-10-11-12-13-14-15-20-21-16-17-22(20,4-2)18-19-23/h3,5,16-17,20-21,23H,4,6-15,18-19H2,1-2H3/q+1/b5-3+. The van der Waals surface area contributed by atoms with Crippen molar-refractivity contribution in [1.29, 1.82) is 0 Å². The largest absolute Gasteiger partial charge is 0.390 e. The maximum atomic E-state index is 9.32. The van der Waals surface area contributed by atoms with Gasteiger partial charge in [-0.15, -0.1) is 0 Å². The van der Waals surface area contributed by atoms with Crippen molar-refractivity contribution >= 4 is 0 Å². The third kappa shape index (κ3) is 7.54. The van der Waals surface area contributed by atoms with Gasteiger partial charge in [-0.2, -0.15) is 0 Å². The molecule has 0 aromatic carbocycles. The quantitative estimate of drug-likeness (QED) is 0.276. The molecule has 2 atom stereocenters. The minimum atomic E-state index is 0.268. The van der Waals surface area contributed by atoms with Crippen molar-refractivity contribution in [2.24, 2.45) is 0 Å². The fourth-order valence-corrected chi connectivity index (χ4v) is 3.62. The van der Waals surface area contributed by atoms with Crippen LogP contribution in [0.1, 0.15) is 78.1 Å². The summed E-state index contributed by atoms with van der Waals surface area (Å²) in [6.45, 7) is 6.48. The zero-order valence-corrected chi connectivity index (χ0v) is 15.5. The maximum absolute atomic E-state index is 9.32. The van der Waals surface area contributed by atoms with Crippen LogP contribution in [0.3, 0.4) is 0 Å². The second-order valence-electron chi connectivity index (χ2n) is 6.84. The monoisotopic (exact) mass is 323 g/mol. The van der Waals surface area contributed by atoms with E-state index in [1.165, 1.54) is 64.2 Å². The third-order valence-corrected chi connectivity index (χ3v) is 5.22. The van der Waals surface area contributed by atoms with Crippen molar-refractivity contribution < 1.29 is 9.59 Å². The molecule has 2 N–H and O–H groups in total. The van der Waals surface area contributed by atoms with E-state index in [4.69, 9.17) is 0 Å². The molecule has 0 fully saturated rings. The van der Waals surface area contributed by atoms with Gasteiger partial charge in [0.1, 0.15) is 12.7 Å². The smallest absolute Gasteiger partial charge is 0.166 e. The summed E-state index contributed by atoms with van der Waals surface area (Å²) in [5.74, 6) is 0. The summed E-state index contributed by atoms with van der Waals surface area (Å²) in [7, 11) is 0. The van der Waals surface area contributed by atoms with E-state index in [2.05, 4.69) is 43.7 Å². The summed E-state index contributed by atoms with van der Waals surface area (Å²) < 4.78 is 0.905. The van der Waals surface area contributed by atoms with Crippen LogP contribution in [0, 0.1) is 0 Å². The summed E-state index contributed by atoms with van der Waals surface area (Å²) in [4.78, 5) is 0. The first kappa shape index (κ1) is 20.2. The lowest BCUT2D eigenvalue weighted by molar-refractivity contribution is -0.900. The highest BCUT2D eigenvalue weighted by Gasteiger charge is 2.35. The Balaban J connectivity index is 2.00. The molecule has 1 rings (SSSR count). The van der Waals surface area contributed by atoms with E-state index in [9.17, 15) is 5.11 Å². The van der Waals surface area contributed by atoms with Crippen LogP contribution in [0.4, 0.5) is 0 Å². The number of hydrogen-bond acceptors (Lipinski definition) is 2. The summed E-state index contributed by atoms with van der Waals surface area (Å²) in [6, 6.07) is 0. The first-order valence-electron chi connectivity index (χ1n) is 9.81. The van der Waals surface area contributed by atoms with Crippen molar-refractivity contribution in [2.75, 3.05) is 19.7 Å². The number of quaternary nitrogens is 1. The van der Waals surface area contributed by atoms with E-state index in [0.717, 1.165) is 17.6 Å². The van der Waals surface area contributed by atoms with Crippen LogP contribution < -0.4 is 5.32 Å². The van der Waals surface area contributed by atoms with Crippen molar-refractivity contribution in [2.45, 2.75) is 84.2 Å². The SMILES string of the molecule is C/C=C/CCCCCCCCCCC1NC=C[N+]1(CC)CCO. The number of unbranched alkanes of at least 4 members (excludes halogenated alkanes) is 8. The number of aliphatic hydroxyl groups excluding tert-OH is 1. The second kappa shape index (κ2) is 12.6. The summed E-state index contributed by atoms with van der Waals surface area (Å²) in [5.41, 5.74) is 0. The lowest BCUT2D eigenvalue weighted by Gasteiger charge is -2.36. The number of hydrogen-bond donors (Lipinski definition) is 2. The average Bonchev–Trinajstić information content (AvgIpc) is 2.96. The molecule has 0 radical (unpaired) electrons. The lowest BCUT2D eigenvalue weighted by atomic mass is 10.1. The summed E-state index contributed by atoms with van der Waals surface area (Å²) in [6.07, 6.45) is 22.6. The van der Waals surface area contributed by atoms with Crippen molar-refractivity contribution in [3.05, 3.63) is 24.6 Å². The third-order valence-electron chi connectivity index (χ3n) is 5.22. The van der Waals surface area contributed by atoms with Crippen LogP contribution in [-0.4, -0.2) is 35.5 Å². The number of nitrogens with one attached hydrogen (secondary N) is 1. The van der Waals surface area contributed by atoms with Gasteiger partial charge in [0.25, 0.3) is 0 Å². The zero-order chi connectivity index (χ0) is 16.8. The minimum absolute atomic E-state index is 0.268. The van der Waals surface area contributed by atoms with Crippen LogP contribution in [0.25, 0.3) is 0 Å². The van der Waals surface area contributed by atoms with Crippen LogP contribution in [-0.2, 0) is 0 Å². The predicted molar refractivity (Wildman–Crippen MR) is 99.8 cm³/mol. The molecule has 1 aliphatic heterocycles. The molecule has 0 saturated carbocycles. The van der Waals surface area contributed by atoms with E-state index in [1.54, 1.807) is 0 Å². The first-order chi connectivity index (χ1) is 11.3. The number of allylic oxidation sites excluding steroid dienone is 2. The molecule has 0 saturated heterocycles. The summed E-state index contributed by atoms with van der Waals surface area (Å²) >= 11 is 0. The Morgan fingerprint density at radius 1 is 1.04 bits per heavy atom. The molecule has 0 amide bonds. The molecule has 134 valence electrons. The van der Waals surface area contributed by atoms with E-state index < -0.39 is 0 Å². The van der Waals surface area contributed by atoms with Crippen LogP contribution >= 0.6 is 0 Å². The molecule has 0 bridgehead atoms. The van der Waals surface area contributed by atoms with Gasteiger partial charge in [0.2, 0.25) is 0 Å². The van der Waals surface area contributed by atoms with Gasteiger partial charge in [-0.1, -0.05) is 50.7 Å². The topological polar surface area (TPSA) is 32.3 Å². The van der Waals surface area contributed by atoms with Crippen molar-refractivity contribution in [1.82, 2.24) is 5.32 Å². The molecule has 0 aliphatic carbocycles. The van der Waals surface area contributed by atoms with Gasteiger partial charge in [-0.3, -0.25) is 4.48 Å². The van der Waals surface area contributed by atoms with E-state index in [1.807, 2.05) is 0 Å². The highest BCUT2D eigenvalue weighted by atomic mass is 16.3. The second-order valence-corrected chi connectivity index (χ2v) is 6.84. The number of likely N-dealkylation sites (N-methyl/N-ethyl adjacent to an activating group) is 1. The van der Waals surface area contributed by atoms with E-state index in [-0.39, 0.29) is 6.61 Å². The Bertz CT molecular complexity index is 341. The van der Waals surface area contributed by atoms with Crippen molar-refractivity contribution in [3.63, 3.8) is 0 Å². The van der Waals surface area contributed by atoms with Gasteiger partial charge >= 0.3 is 0 Å². The highest BCUT2D eigenvalue weighted by molar-refractivity contribution is 4.84. The molecule has 1 aliphatic rings. The molecule has 0 aromatic heterocycles. The number of aliphatic hydroxyl groups is 1. The molecule has 23 heavy (non-hydrogen) atoms. The van der Waals surface area contributed by atoms with Gasteiger partial charge in [-0.05, 0) is 33.1 Å². The highest BCUT2D eigenvalue weighted by Crippen LogP contribution is 2.22. The fourth-order valence-electron chi connectivity index (χ4n) is 3.62. The maximum Gasteiger partial charge on any atom is 0.166 e. The van der Waals surface area contributed by atoms with E-state index >= 15 is 0 Å². The predicted octanol–water partition coefficient (Wildman–Crippen LogP) is 4.69. The molecule has 1 heterocycles. The molecular formula is C20H39N2O+. The normalized spacial score (nSPS) is 23.7. The van der Waals surface area contributed by atoms with Gasteiger partial charge in [0, 0.05) is 6.42 Å². The molecule has 3 heteroatoms. The first-order valence-corrected chi connectivity index (χ1v) is 9.81. The Morgan fingerprint density at radius 2 is 1.70 bits per heavy atom. The average molecular weight is 324 g/mol. The van der Waals surface area contributed by atoms with Gasteiger partial charge in [0.15, 0.2) is 6.17 Å². The number of nitrogens with zero attached hydrogens (tertiary/aromatic N) is 1. The van der Waals surface area contributed by atoms with Crippen LogP contribution in [0.2, 0.25) is 0 Å². The fraction of sp³-hybridized carbons (Fsp3) is 0.800. The Hall–Kier alpha value is -0.800. The molecular weight excluding hydrogens is 284 g/mol. The van der Waals surface area contributed by atoms with Crippen LogP contribution in [0.5, 0.6) is 0 Å². The molecule has 2 unspecified atom stereocenters. The van der Waals surface area contributed by atoms with Gasteiger partial charge < -0.3 is 10.4 Å². The zero-order valence-electron chi connectivity index (χ0n) is 15.5. The van der Waals surface area contributed by atoms with Gasteiger partial charge in [-0.25, -0.2) is 0 Å². The Labute approximate surface area is 144 Å². The van der Waals surface area contributed by atoms with Crippen LogP contribution in [0.15, 0.2) is 24.6 Å². The lowest BCUT2D eigenvalue weighted by Crippen LogP contribution is -2.54. The molecule has 3 nitrogen and oxygen atoms in total. The molecule has 0 aromatic rings. The summed E-state index contributed by atoms with van der Waals surface area (Å²) in [5, 5.41) is 12.8. The minimum Gasteiger partial charge on any atom is -0.390 e. The Kier molecular flexibility index (Phi) is 11.1. The van der Waals surface area contributed by atoms with Gasteiger partial charge in [0.05, 0.1) is 19.4 Å². The van der Waals surface area contributed by atoms with E-state index in [0.29, 0.717) is 6.17 Å².